The summed E-state index contributed by atoms with van der Waals surface area (Å²) in [7, 11) is 0. The first-order valence-corrected chi connectivity index (χ1v) is 6.20. The Kier molecular flexibility index (Phi) is 3.61. The molecule has 1 aliphatic heterocycles. The molecular weight excluding hydrogens is 232 g/mol. The molecule has 0 aromatic carbocycles. The van der Waals surface area contributed by atoms with Crippen LogP contribution in [0.5, 0.6) is 0 Å². The zero-order valence-electron chi connectivity index (χ0n) is 8.36. The molecule has 82 valence electrons. The van der Waals surface area contributed by atoms with Crippen molar-refractivity contribution in [3.8, 4) is 0 Å². The number of hydrogen-bond donors (Lipinski definition) is 0. The molecule has 1 aliphatic rings. The van der Waals surface area contributed by atoms with Crippen LogP contribution in [-0.2, 0) is 6.54 Å². The highest BCUT2D eigenvalue weighted by Crippen LogP contribution is 2.13. The topological polar surface area (TPSA) is 23.6 Å². The zero-order valence-corrected chi connectivity index (χ0v) is 9.93. The van der Waals surface area contributed by atoms with Crippen LogP contribution in [0.4, 0.5) is 4.79 Å². The molecule has 15 heavy (non-hydrogen) atoms. The van der Waals surface area contributed by atoms with Crippen LogP contribution in [0, 0.1) is 0 Å². The van der Waals surface area contributed by atoms with Crippen molar-refractivity contribution >= 4 is 28.3 Å². The van der Waals surface area contributed by atoms with E-state index in [1.807, 2.05) is 0 Å². The van der Waals surface area contributed by atoms with Crippen LogP contribution in [-0.4, -0.2) is 41.3 Å². The monoisotopic (exact) mass is 244 g/mol. The fourth-order valence-electron chi connectivity index (χ4n) is 1.70. The molecule has 1 fully saturated rings. The number of halogens is 1. The highest BCUT2D eigenvalue weighted by Gasteiger charge is 2.19. The van der Waals surface area contributed by atoms with Crippen molar-refractivity contribution < 1.29 is 4.79 Å². The van der Waals surface area contributed by atoms with Crippen LogP contribution >= 0.6 is 22.9 Å². The third kappa shape index (κ3) is 2.93. The normalized spacial score (nSPS) is 18.1. The van der Waals surface area contributed by atoms with Gasteiger partial charge in [0.15, 0.2) is 0 Å². The molecule has 1 amide bonds. The summed E-state index contributed by atoms with van der Waals surface area (Å²) in [5, 5.41) is 1.76. The lowest BCUT2D eigenvalue weighted by atomic mass is 10.3. The third-order valence-electron chi connectivity index (χ3n) is 2.58. The fourth-order valence-corrected chi connectivity index (χ4v) is 2.62. The predicted molar refractivity (Wildman–Crippen MR) is 62.4 cm³/mol. The van der Waals surface area contributed by atoms with Gasteiger partial charge in [0, 0.05) is 37.6 Å². The predicted octanol–water partition coefficient (Wildman–Crippen LogP) is 2.22. The molecule has 0 radical (unpaired) electrons. The van der Waals surface area contributed by atoms with Crippen LogP contribution in [0.3, 0.4) is 0 Å². The van der Waals surface area contributed by atoms with Crippen LogP contribution in [0.2, 0.25) is 0 Å². The Bertz CT molecular complexity index is 320. The van der Waals surface area contributed by atoms with Gasteiger partial charge in [-0.05, 0) is 23.0 Å². The molecule has 2 heterocycles. The maximum atomic E-state index is 10.9. The Hall–Kier alpha value is -0.580. The van der Waals surface area contributed by atoms with Gasteiger partial charge < -0.3 is 4.90 Å². The van der Waals surface area contributed by atoms with Gasteiger partial charge in [-0.2, -0.15) is 0 Å². The van der Waals surface area contributed by atoms with Crippen molar-refractivity contribution in [1.82, 2.24) is 9.80 Å². The van der Waals surface area contributed by atoms with Gasteiger partial charge in [-0.3, -0.25) is 9.69 Å². The highest BCUT2D eigenvalue weighted by atomic mass is 35.5. The van der Waals surface area contributed by atoms with Crippen molar-refractivity contribution in [2.45, 2.75) is 6.54 Å². The van der Waals surface area contributed by atoms with Gasteiger partial charge in [0.1, 0.15) is 0 Å². The second-order valence-electron chi connectivity index (χ2n) is 3.60. The second-order valence-corrected chi connectivity index (χ2v) is 4.95. The van der Waals surface area contributed by atoms with Gasteiger partial charge >= 0.3 is 5.37 Å². The molecule has 1 saturated heterocycles. The van der Waals surface area contributed by atoms with E-state index in [9.17, 15) is 4.79 Å². The van der Waals surface area contributed by atoms with Crippen LogP contribution in [0.25, 0.3) is 0 Å². The largest absolute Gasteiger partial charge is 0.327 e. The Morgan fingerprint density at radius 1 is 1.40 bits per heavy atom. The Balaban J connectivity index is 1.81. The van der Waals surface area contributed by atoms with Gasteiger partial charge in [0.25, 0.3) is 0 Å². The molecule has 3 nitrogen and oxygen atoms in total. The van der Waals surface area contributed by atoms with E-state index < -0.39 is 0 Å². The minimum Gasteiger partial charge on any atom is -0.327 e. The van der Waals surface area contributed by atoms with E-state index in [4.69, 9.17) is 11.6 Å². The molecule has 0 bridgehead atoms. The Labute approximate surface area is 98.2 Å². The molecular formula is C10H13ClN2OS. The van der Waals surface area contributed by atoms with E-state index in [0.29, 0.717) is 0 Å². The Morgan fingerprint density at radius 2 is 2.13 bits per heavy atom. The van der Waals surface area contributed by atoms with Crippen molar-refractivity contribution in [2.75, 3.05) is 26.2 Å². The van der Waals surface area contributed by atoms with Gasteiger partial charge in [-0.15, -0.1) is 11.3 Å². The third-order valence-corrected chi connectivity index (χ3v) is 3.68. The molecule has 1 aromatic rings. The minimum absolute atomic E-state index is 0.328. The molecule has 0 unspecified atom stereocenters. The number of carbonyl (C=O) groups excluding carboxylic acids is 1. The zero-order chi connectivity index (χ0) is 10.7. The standard InChI is InChI=1S/C10H13ClN2OS/c11-10(14)13-5-3-12(4-6-13)8-9-2-1-7-15-9/h1-2,7H,3-6,8H2. The van der Waals surface area contributed by atoms with Gasteiger partial charge in [0.05, 0.1) is 0 Å². The molecule has 0 aliphatic carbocycles. The average Bonchev–Trinajstić information content (AvgIpc) is 2.71. The van der Waals surface area contributed by atoms with Crippen LogP contribution in [0.1, 0.15) is 4.88 Å². The van der Waals surface area contributed by atoms with Crippen molar-refractivity contribution in [2.24, 2.45) is 0 Å². The van der Waals surface area contributed by atoms with E-state index >= 15 is 0 Å². The Morgan fingerprint density at radius 3 is 2.67 bits per heavy atom. The summed E-state index contributed by atoms with van der Waals surface area (Å²) >= 11 is 7.19. The van der Waals surface area contributed by atoms with Gasteiger partial charge in [-0.1, -0.05) is 6.07 Å². The van der Waals surface area contributed by atoms with Gasteiger partial charge in [-0.25, -0.2) is 0 Å². The number of nitrogens with zero attached hydrogens (tertiary/aromatic N) is 2. The average molecular weight is 245 g/mol. The first-order valence-electron chi connectivity index (χ1n) is 4.95. The number of piperazine rings is 1. The highest BCUT2D eigenvalue weighted by molar-refractivity contribution is 7.09. The van der Waals surface area contributed by atoms with E-state index in [-0.39, 0.29) is 5.37 Å². The summed E-state index contributed by atoms with van der Waals surface area (Å²) in [5.74, 6) is 0. The number of thiophene rings is 1. The van der Waals surface area contributed by atoms with E-state index in [2.05, 4.69) is 22.4 Å². The summed E-state index contributed by atoms with van der Waals surface area (Å²) in [6.45, 7) is 4.30. The number of amides is 1. The molecule has 0 saturated carbocycles. The first kappa shape index (κ1) is 10.9. The maximum absolute atomic E-state index is 10.9. The molecule has 0 N–H and O–H groups in total. The number of carbonyl (C=O) groups is 1. The lowest BCUT2D eigenvalue weighted by Crippen LogP contribution is -2.46. The molecule has 0 spiro atoms. The molecule has 1 aromatic heterocycles. The van der Waals surface area contributed by atoms with E-state index in [1.165, 1.54) is 4.88 Å². The van der Waals surface area contributed by atoms with E-state index in [0.717, 1.165) is 32.7 Å². The van der Waals surface area contributed by atoms with Crippen molar-refractivity contribution in [3.63, 3.8) is 0 Å². The smallest absolute Gasteiger partial charge is 0.316 e. The molecule has 0 atom stereocenters. The minimum atomic E-state index is -0.328. The maximum Gasteiger partial charge on any atom is 0.316 e. The second kappa shape index (κ2) is 4.96. The summed E-state index contributed by atoms with van der Waals surface area (Å²) in [4.78, 5) is 16.3. The van der Waals surface area contributed by atoms with Crippen molar-refractivity contribution in [1.29, 1.82) is 0 Å². The fraction of sp³-hybridized carbons (Fsp3) is 0.500. The van der Waals surface area contributed by atoms with Gasteiger partial charge in [0.2, 0.25) is 0 Å². The lowest BCUT2D eigenvalue weighted by Gasteiger charge is -2.33. The molecule has 5 heteroatoms. The van der Waals surface area contributed by atoms with E-state index in [1.54, 1.807) is 16.2 Å². The van der Waals surface area contributed by atoms with Crippen LogP contribution in [0.15, 0.2) is 17.5 Å². The SMILES string of the molecule is O=C(Cl)N1CCN(Cc2cccs2)CC1. The molecule has 2 rings (SSSR count). The summed E-state index contributed by atoms with van der Waals surface area (Å²) < 4.78 is 0. The summed E-state index contributed by atoms with van der Waals surface area (Å²) in [5.41, 5.74) is 0. The quantitative estimate of drug-likeness (QED) is 0.588. The summed E-state index contributed by atoms with van der Waals surface area (Å²) in [6.07, 6.45) is 0. The number of rotatable bonds is 2. The van der Waals surface area contributed by atoms with Crippen LogP contribution < -0.4 is 0 Å². The van der Waals surface area contributed by atoms with Crippen molar-refractivity contribution in [3.05, 3.63) is 22.4 Å². The first-order chi connectivity index (χ1) is 7.25. The lowest BCUT2D eigenvalue weighted by molar-refractivity contribution is 0.149. The number of hydrogen-bond acceptors (Lipinski definition) is 3. The summed E-state index contributed by atoms with van der Waals surface area (Å²) in [6, 6.07) is 4.21.